The summed E-state index contributed by atoms with van der Waals surface area (Å²) in [6.07, 6.45) is 2.14. The predicted octanol–water partition coefficient (Wildman–Crippen LogP) is 5.87. The Bertz CT molecular complexity index is 1340. The molecule has 196 valence electrons. The third-order valence-corrected chi connectivity index (χ3v) is 6.66. The first kappa shape index (κ1) is 25.5. The van der Waals surface area contributed by atoms with Crippen LogP contribution in [0.25, 0.3) is 11.1 Å². The number of hydrogen-bond acceptors (Lipinski definition) is 7. The molecule has 8 nitrogen and oxygen atoms in total. The van der Waals surface area contributed by atoms with E-state index in [0.717, 1.165) is 48.5 Å². The maximum absolute atomic E-state index is 12.5. The van der Waals surface area contributed by atoms with Crippen LogP contribution in [-0.2, 0) is 16.0 Å². The number of carbonyl (C=O) groups excluding carboxylic acids is 1. The summed E-state index contributed by atoms with van der Waals surface area (Å²) in [4.78, 5) is 12.5. The Labute approximate surface area is 222 Å². The van der Waals surface area contributed by atoms with E-state index in [0.29, 0.717) is 18.2 Å². The lowest BCUT2D eigenvalue weighted by molar-refractivity contribution is 0.0516. The summed E-state index contributed by atoms with van der Waals surface area (Å²) in [5.74, 6) is 1.54. The number of nitrogens with zero attached hydrogens (tertiary/aromatic N) is 3. The fourth-order valence-corrected chi connectivity index (χ4v) is 4.55. The van der Waals surface area contributed by atoms with Gasteiger partial charge in [-0.3, -0.25) is 0 Å². The van der Waals surface area contributed by atoms with Gasteiger partial charge in [0.15, 0.2) is 0 Å². The molecule has 1 saturated heterocycles. The van der Waals surface area contributed by atoms with E-state index in [2.05, 4.69) is 34.6 Å². The van der Waals surface area contributed by atoms with E-state index in [1.54, 1.807) is 18.7 Å². The van der Waals surface area contributed by atoms with Gasteiger partial charge in [0.2, 0.25) is 5.69 Å². The molecule has 1 aromatic heterocycles. The Morgan fingerprint density at radius 2 is 1.55 bits per heavy atom. The molecule has 0 N–H and O–H groups in total. The minimum atomic E-state index is -0.579. The summed E-state index contributed by atoms with van der Waals surface area (Å²) >= 11 is 0. The van der Waals surface area contributed by atoms with Gasteiger partial charge in [0, 0.05) is 13.2 Å². The standard InChI is InChI=1S/C30H31N3O5/c1-3-37-30(34)28-29(33(32-31-28)20-21-4-12-26(35-2)13-5-21)38-27-14-10-24(11-15-27)22-6-8-23(9-7-22)25-16-18-36-19-17-25/h4-15,25H,3,16-20H2,1-2H3. The zero-order chi connectivity index (χ0) is 26.3. The van der Waals surface area contributed by atoms with Gasteiger partial charge >= 0.3 is 5.97 Å². The molecule has 2 heterocycles. The van der Waals surface area contributed by atoms with Crippen LogP contribution in [0, 0.1) is 0 Å². The van der Waals surface area contributed by atoms with Crippen molar-refractivity contribution >= 4 is 5.97 Å². The molecule has 1 aliphatic rings. The summed E-state index contributed by atoms with van der Waals surface area (Å²) in [7, 11) is 1.62. The van der Waals surface area contributed by atoms with Crippen LogP contribution in [0.3, 0.4) is 0 Å². The van der Waals surface area contributed by atoms with E-state index in [4.69, 9.17) is 18.9 Å². The SMILES string of the molecule is CCOC(=O)c1nnn(Cc2ccc(OC)cc2)c1Oc1ccc(-c2ccc(C3CCOCC3)cc2)cc1. The Morgan fingerprint density at radius 1 is 0.921 bits per heavy atom. The number of aromatic nitrogens is 3. The van der Waals surface area contributed by atoms with Gasteiger partial charge in [-0.15, -0.1) is 5.10 Å². The first-order valence-electron chi connectivity index (χ1n) is 12.8. The van der Waals surface area contributed by atoms with Gasteiger partial charge in [0.25, 0.3) is 5.88 Å². The first-order valence-corrected chi connectivity index (χ1v) is 12.8. The average Bonchev–Trinajstić information content (AvgIpc) is 3.36. The van der Waals surface area contributed by atoms with Crippen LogP contribution >= 0.6 is 0 Å². The minimum absolute atomic E-state index is 0.0353. The molecule has 1 aliphatic heterocycles. The number of ether oxygens (including phenoxy) is 4. The number of methoxy groups -OCH3 is 1. The number of hydrogen-bond donors (Lipinski definition) is 0. The summed E-state index contributed by atoms with van der Waals surface area (Å²) in [6.45, 7) is 4.00. The van der Waals surface area contributed by atoms with E-state index >= 15 is 0 Å². The highest BCUT2D eigenvalue weighted by Crippen LogP contribution is 2.31. The molecule has 0 amide bonds. The van der Waals surface area contributed by atoms with Crippen LogP contribution in [0.4, 0.5) is 0 Å². The lowest BCUT2D eigenvalue weighted by atomic mass is 9.90. The van der Waals surface area contributed by atoms with Crippen molar-refractivity contribution in [2.24, 2.45) is 0 Å². The van der Waals surface area contributed by atoms with Crippen LogP contribution in [-0.4, -0.2) is 47.9 Å². The lowest BCUT2D eigenvalue weighted by Gasteiger charge is -2.22. The number of esters is 1. The molecule has 0 radical (unpaired) electrons. The van der Waals surface area contributed by atoms with Crippen LogP contribution in [0.15, 0.2) is 72.8 Å². The van der Waals surface area contributed by atoms with Crippen molar-refractivity contribution in [3.63, 3.8) is 0 Å². The quantitative estimate of drug-likeness (QED) is 0.259. The summed E-state index contributed by atoms with van der Waals surface area (Å²) < 4.78 is 23.6. The van der Waals surface area contributed by atoms with E-state index in [-0.39, 0.29) is 18.2 Å². The molecule has 4 aromatic rings. The second-order valence-electron chi connectivity index (χ2n) is 9.10. The molecule has 0 aliphatic carbocycles. The highest BCUT2D eigenvalue weighted by Gasteiger charge is 2.24. The minimum Gasteiger partial charge on any atom is -0.497 e. The molecule has 0 bridgehead atoms. The van der Waals surface area contributed by atoms with Gasteiger partial charge in [0.05, 0.1) is 20.3 Å². The maximum atomic E-state index is 12.5. The molecule has 5 rings (SSSR count). The number of rotatable bonds is 9. The molecule has 1 fully saturated rings. The van der Waals surface area contributed by atoms with E-state index in [1.165, 1.54) is 5.56 Å². The van der Waals surface area contributed by atoms with Crippen LogP contribution in [0.2, 0.25) is 0 Å². The Morgan fingerprint density at radius 3 is 2.18 bits per heavy atom. The summed E-state index contributed by atoms with van der Waals surface area (Å²) in [5, 5.41) is 8.22. The zero-order valence-electron chi connectivity index (χ0n) is 21.6. The van der Waals surface area contributed by atoms with Crippen molar-refractivity contribution in [2.45, 2.75) is 32.2 Å². The molecular weight excluding hydrogens is 482 g/mol. The van der Waals surface area contributed by atoms with Crippen molar-refractivity contribution in [3.05, 3.63) is 89.6 Å². The average molecular weight is 514 g/mol. The van der Waals surface area contributed by atoms with Gasteiger partial charge in [-0.1, -0.05) is 53.7 Å². The predicted molar refractivity (Wildman–Crippen MR) is 143 cm³/mol. The van der Waals surface area contributed by atoms with Crippen LogP contribution in [0.5, 0.6) is 17.4 Å². The highest BCUT2D eigenvalue weighted by molar-refractivity contribution is 5.89. The molecule has 8 heteroatoms. The van der Waals surface area contributed by atoms with Crippen molar-refractivity contribution in [1.29, 1.82) is 0 Å². The van der Waals surface area contributed by atoms with Crippen LogP contribution in [0.1, 0.15) is 47.3 Å². The lowest BCUT2D eigenvalue weighted by Crippen LogP contribution is -2.13. The van der Waals surface area contributed by atoms with Gasteiger partial charge in [0.1, 0.15) is 11.5 Å². The van der Waals surface area contributed by atoms with Gasteiger partial charge in [-0.2, -0.15) is 0 Å². The molecule has 3 aromatic carbocycles. The normalized spacial score (nSPS) is 13.7. The van der Waals surface area contributed by atoms with Crippen molar-refractivity contribution in [1.82, 2.24) is 15.0 Å². The van der Waals surface area contributed by atoms with E-state index < -0.39 is 5.97 Å². The topological polar surface area (TPSA) is 84.7 Å². The molecule has 0 saturated carbocycles. The molecule has 0 spiro atoms. The second kappa shape index (κ2) is 11.9. The van der Waals surface area contributed by atoms with Crippen molar-refractivity contribution < 1.29 is 23.7 Å². The monoisotopic (exact) mass is 513 g/mol. The Kier molecular flexibility index (Phi) is 7.99. The summed E-state index contributed by atoms with van der Waals surface area (Å²) in [6, 6.07) is 24.1. The molecular formula is C30H31N3O5. The second-order valence-corrected chi connectivity index (χ2v) is 9.10. The third-order valence-electron chi connectivity index (χ3n) is 6.66. The zero-order valence-corrected chi connectivity index (χ0v) is 21.6. The fraction of sp³-hybridized carbons (Fsp3) is 0.300. The maximum Gasteiger partial charge on any atom is 0.364 e. The largest absolute Gasteiger partial charge is 0.497 e. The Hall–Kier alpha value is -4.17. The van der Waals surface area contributed by atoms with Crippen LogP contribution < -0.4 is 9.47 Å². The first-order chi connectivity index (χ1) is 18.6. The Balaban J connectivity index is 1.34. The fourth-order valence-electron chi connectivity index (χ4n) is 4.55. The van der Waals surface area contributed by atoms with Gasteiger partial charge in [-0.25, -0.2) is 9.48 Å². The van der Waals surface area contributed by atoms with E-state index in [1.807, 2.05) is 48.5 Å². The number of carbonyl (C=O) groups is 1. The third kappa shape index (κ3) is 5.86. The smallest absolute Gasteiger partial charge is 0.364 e. The molecule has 0 unspecified atom stereocenters. The summed E-state index contributed by atoms with van der Waals surface area (Å²) in [5.41, 5.74) is 4.56. The highest BCUT2D eigenvalue weighted by atomic mass is 16.5. The van der Waals surface area contributed by atoms with Crippen molar-refractivity contribution in [3.8, 4) is 28.5 Å². The number of benzene rings is 3. The van der Waals surface area contributed by atoms with E-state index in [9.17, 15) is 4.79 Å². The molecule has 0 atom stereocenters. The van der Waals surface area contributed by atoms with Gasteiger partial charge in [-0.05, 0) is 72.2 Å². The van der Waals surface area contributed by atoms with Crippen molar-refractivity contribution in [2.75, 3.05) is 26.9 Å². The molecule has 38 heavy (non-hydrogen) atoms. The van der Waals surface area contributed by atoms with Gasteiger partial charge < -0.3 is 18.9 Å².